The number of aliphatic hydroxyl groups excluding tert-OH is 7. The fraction of sp³-hybridized carbons (Fsp3) is 0.400. The molecular formula is C25H28O14. The predicted molar refractivity (Wildman–Crippen MR) is 130 cm³/mol. The molecule has 14 heteroatoms. The van der Waals surface area contributed by atoms with E-state index in [4.69, 9.17) is 13.9 Å². The molecule has 1 aliphatic rings. The number of aromatic hydroxyl groups is 3. The molecule has 3 aromatic rings. The lowest BCUT2D eigenvalue weighted by Gasteiger charge is -2.43. The van der Waals surface area contributed by atoms with Crippen LogP contribution >= 0.6 is 0 Å². The van der Waals surface area contributed by atoms with Crippen molar-refractivity contribution in [3.63, 3.8) is 0 Å². The van der Waals surface area contributed by atoms with Crippen LogP contribution in [0.3, 0.4) is 0 Å². The summed E-state index contributed by atoms with van der Waals surface area (Å²) in [5, 5.41) is 101. The second-order valence-corrected chi connectivity index (χ2v) is 9.25. The van der Waals surface area contributed by atoms with Gasteiger partial charge in [-0.15, -0.1) is 0 Å². The van der Waals surface area contributed by atoms with E-state index in [1.807, 2.05) is 0 Å². The standard InChI is InChI=1S/C25H28O14/c1-8(26)15(30)17(32)19(34)23-20(35)18(33)21(36)25(38-23)39-24-16(31)14-12(29)6-11(28)7-13(14)37-22(24)9-2-4-10(27)5-3-9/h2-8,15,17-21,23,25-30,32-36H,1H3/t8-,15-,17+,18+,19-,20-,21-,23-,25?/m1/s1. The predicted octanol–water partition coefficient (Wildman–Crippen LogP) is -1.77. The summed E-state index contributed by atoms with van der Waals surface area (Å²) in [6.07, 6.45) is -17.5. The van der Waals surface area contributed by atoms with E-state index < -0.39 is 83.2 Å². The molecule has 1 unspecified atom stereocenters. The Morgan fingerprint density at radius 2 is 1.49 bits per heavy atom. The molecular weight excluding hydrogens is 524 g/mol. The maximum Gasteiger partial charge on any atom is 0.239 e. The molecule has 10 N–H and O–H groups in total. The topological polar surface area (TPSA) is 251 Å². The summed E-state index contributed by atoms with van der Waals surface area (Å²) >= 11 is 0. The Morgan fingerprint density at radius 3 is 2.10 bits per heavy atom. The van der Waals surface area contributed by atoms with Crippen molar-refractivity contribution in [2.24, 2.45) is 0 Å². The Kier molecular flexibility index (Phi) is 8.02. The van der Waals surface area contributed by atoms with Crippen molar-refractivity contribution in [3.8, 4) is 34.3 Å². The van der Waals surface area contributed by atoms with Crippen molar-refractivity contribution in [2.45, 2.75) is 62.0 Å². The second-order valence-electron chi connectivity index (χ2n) is 9.25. The number of phenols is 3. The van der Waals surface area contributed by atoms with Gasteiger partial charge in [0.05, 0.1) is 6.10 Å². The lowest BCUT2D eigenvalue weighted by molar-refractivity contribution is -0.298. The Hall–Kier alpha value is -3.47. The Balaban J connectivity index is 1.79. The van der Waals surface area contributed by atoms with E-state index in [1.54, 1.807) is 0 Å². The highest BCUT2D eigenvalue weighted by molar-refractivity contribution is 5.88. The molecule has 0 saturated carbocycles. The Bertz CT molecular complexity index is 1370. The molecule has 1 aromatic heterocycles. The molecule has 212 valence electrons. The van der Waals surface area contributed by atoms with Crippen LogP contribution in [-0.2, 0) is 4.74 Å². The van der Waals surface area contributed by atoms with Crippen LogP contribution in [0.1, 0.15) is 6.92 Å². The summed E-state index contributed by atoms with van der Waals surface area (Å²) in [5.74, 6) is -2.20. The van der Waals surface area contributed by atoms with Crippen molar-refractivity contribution in [2.75, 3.05) is 0 Å². The van der Waals surface area contributed by atoms with Crippen LogP contribution in [0.4, 0.5) is 0 Å². The summed E-state index contributed by atoms with van der Waals surface area (Å²) in [7, 11) is 0. The smallest absolute Gasteiger partial charge is 0.239 e. The molecule has 0 radical (unpaired) electrons. The van der Waals surface area contributed by atoms with E-state index >= 15 is 0 Å². The summed E-state index contributed by atoms with van der Waals surface area (Å²) in [5.41, 5.74) is -1.10. The number of hydrogen-bond acceptors (Lipinski definition) is 14. The maximum atomic E-state index is 13.5. The van der Waals surface area contributed by atoms with Gasteiger partial charge in [0.2, 0.25) is 17.5 Å². The van der Waals surface area contributed by atoms with E-state index in [0.717, 1.165) is 19.1 Å². The van der Waals surface area contributed by atoms with Gasteiger partial charge in [-0.2, -0.15) is 0 Å². The molecule has 0 bridgehead atoms. The first kappa shape index (κ1) is 28.5. The van der Waals surface area contributed by atoms with Crippen LogP contribution < -0.4 is 10.2 Å². The minimum atomic E-state index is -2.12. The van der Waals surface area contributed by atoms with Crippen molar-refractivity contribution >= 4 is 11.0 Å². The molecule has 4 rings (SSSR count). The van der Waals surface area contributed by atoms with E-state index in [2.05, 4.69) is 0 Å². The average molecular weight is 552 g/mol. The number of rotatable bonds is 7. The third kappa shape index (κ3) is 5.36. The molecule has 1 saturated heterocycles. The first-order valence-electron chi connectivity index (χ1n) is 11.7. The van der Waals surface area contributed by atoms with Crippen molar-refractivity contribution in [3.05, 3.63) is 46.6 Å². The number of benzene rings is 2. The summed E-state index contributed by atoms with van der Waals surface area (Å²) in [6.45, 7) is 1.13. The second kappa shape index (κ2) is 11.0. The van der Waals surface area contributed by atoms with Crippen LogP contribution in [0, 0.1) is 0 Å². The number of fused-ring (bicyclic) bond motifs is 1. The van der Waals surface area contributed by atoms with Gasteiger partial charge in [-0.05, 0) is 31.2 Å². The maximum absolute atomic E-state index is 13.5. The largest absolute Gasteiger partial charge is 0.508 e. The number of hydrogen-bond donors (Lipinski definition) is 10. The van der Waals surface area contributed by atoms with Gasteiger partial charge < -0.3 is 65.0 Å². The van der Waals surface area contributed by atoms with Crippen LogP contribution in [0.2, 0.25) is 0 Å². The highest BCUT2D eigenvalue weighted by Crippen LogP contribution is 2.37. The quantitative estimate of drug-likeness (QED) is 0.156. The van der Waals surface area contributed by atoms with Crippen molar-refractivity contribution < 1.29 is 65.0 Å². The van der Waals surface area contributed by atoms with Crippen LogP contribution in [0.5, 0.6) is 23.0 Å². The molecule has 14 nitrogen and oxygen atoms in total. The fourth-order valence-electron chi connectivity index (χ4n) is 4.23. The molecule has 2 aromatic carbocycles. The van der Waals surface area contributed by atoms with E-state index in [0.29, 0.717) is 0 Å². The molecule has 0 spiro atoms. The normalized spacial score (nSPS) is 26.6. The highest BCUT2D eigenvalue weighted by Gasteiger charge is 2.50. The molecule has 1 fully saturated rings. The molecule has 39 heavy (non-hydrogen) atoms. The summed E-state index contributed by atoms with van der Waals surface area (Å²) in [4.78, 5) is 13.5. The molecule has 0 amide bonds. The third-order valence-electron chi connectivity index (χ3n) is 6.42. The lowest BCUT2D eigenvalue weighted by Crippen LogP contribution is -2.64. The van der Waals surface area contributed by atoms with Crippen LogP contribution in [-0.4, -0.2) is 106 Å². The zero-order valence-electron chi connectivity index (χ0n) is 20.3. The zero-order chi connectivity index (χ0) is 28.8. The van der Waals surface area contributed by atoms with Crippen molar-refractivity contribution in [1.29, 1.82) is 0 Å². The average Bonchev–Trinajstić information content (AvgIpc) is 2.88. The van der Waals surface area contributed by atoms with Crippen LogP contribution in [0.25, 0.3) is 22.3 Å². The third-order valence-corrected chi connectivity index (χ3v) is 6.42. The Labute approximate surface area is 219 Å². The minimum Gasteiger partial charge on any atom is -0.508 e. The van der Waals surface area contributed by atoms with Crippen molar-refractivity contribution in [1.82, 2.24) is 0 Å². The summed E-state index contributed by atoms with van der Waals surface area (Å²) < 4.78 is 16.8. The van der Waals surface area contributed by atoms with E-state index in [9.17, 15) is 55.9 Å². The van der Waals surface area contributed by atoms with Gasteiger partial charge in [0.15, 0.2) is 5.76 Å². The Morgan fingerprint density at radius 1 is 0.846 bits per heavy atom. The molecule has 1 aliphatic heterocycles. The van der Waals surface area contributed by atoms with Gasteiger partial charge in [0.1, 0.15) is 70.9 Å². The van der Waals surface area contributed by atoms with Gasteiger partial charge in [-0.3, -0.25) is 4.79 Å². The number of aliphatic hydroxyl groups is 7. The van der Waals surface area contributed by atoms with Gasteiger partial charge in [0, 0.05) is 17.7 Å². The first-order valence-corrected chi connectivity index (χ1v) is 11.7. The van der Waals surface area contributed by atoms with Gasteiger partial charge >= 0.3 is 0 Å². The number of ether oxygens (including phenoxy) is 2. The van der Waals surface area contributed by atoms with Gasteiger partial charge in [-0.1, -0.05) is 0 Å². The zero-order valence-corrected chi connectivity index (χ0v) is 20.3. The van der Waals surface area contributed by atoms with Gasteiger partial charge in [-0.25, -0.2) is 0 Å². The fourth-order valence-corrected chi connectivity index (χ4v) is 4.23. The SMILES string of the molecule is C[C@@H](O)[C@@H](O)[C@H](O)[C@@H](O)[C@H]1OC(Oc2c(-c3ccc(O)cc3)oc3cc(O)cc(O)c3c2=O)[C@H](O)[C@@H](O)[C@H]1O. The highest BCUT2D eigenvalue weighted by atomic mass is 16.7. The lowest BCUT2D eigenvalue weighted by atomic mass is 9.90. The van der Waals surface area contributed by atoms with E-state index in [1.165, 1.54) is 24.3 Å². The first-order chi connectivity index (χ1) is 18.3. The number of phenolic OH excluding ortho intramolecular Hbond substituents is 3. The van der Waals surface area contributed by atoms with Gasteiger partial charge in [0.25, 0.3) is 0 Å². The molecule has 9 atom stereocenters. The van der Waals surface area contributed by atoms with Crippen LogP contribution in [0.15, 0.2) is 45.6 Å². The molecule has 2 heterocycles. The monoisotopic (exact) mass is 552 g/mol. The minimum absolute atomic E-state index is 0.127. The molecule has 0 aliphatic carbocycles. The summed E-state index contributed by atoms with van der Waals surface area (Å²) in [6, 6.07) is 7.12. The van der Waals surface area contributed by atoms with E-state index in [-0.39, 0.29) is 22.7 Å².